The van der Waals surface area contributed by atoms with E-state index in [4.69, 9.17) is 0 Å². The molecule has 0 saturated carbocycles. The first kappa shape index (κ1) is 13.7. The number of hydrogen-bond acceptors (Lipinski definition) is 3. The summed E-state index contributed by atoms with van der Waals surface area (Å²) in [6.45, 7) is 3.91. The number of benzene rings is 1. The van der Waals surface area contributed by atoms with E-state index in [1.807, 2.05) is 38.1 Å². The molecule has 3 aromatic rings. The number of nitrogens with zero attached hydrogens (tertiary/aromatic N) is 3. The molecular formula is C16H15N3OS. The van der Waals surface area contributed by atoms with Gasteiger partial charge in [-0.3, -0.25) is 14.1 Å². The lowest BCUT2D eigenvalue weighted by atomic mass is 10.2. The Kier molecular flexibility index (Phi) is 3.43. The highest BCUT2D eigenvalue weighted by Gasteiger charge is 2.11. The van der Waals surface area contributed by atoms with Gasteiger partial charge in [-0.1, -0.05) is 6.07 Å². The molecule has 106 valence electrons. The molecule has 0 aliphatic carbocycles. The minimum atomic E-state index is -0.117. The second kappa shape index (κ2) is 5.26. The summed E-state index contributed by atoms with van der Waals surface area (Å²) in [5, 5.41) is 0. The molecule has 0 aliphatic heterocycles. The Bertz CT molecular complexity index is 864. The second-order valence-electron chi connectivity index (χ2n) is 4.90. The molecule has 0 aliphatic rings. The molecular weight excluding hydrogens is 282 g/mol. The summed E-state index contributed by atoms with van der Waals surface area (Å²) >= 11 is 4.41. The normalized spacial score (nSPS) is 10.8. The maximum Gasteiger partial charge on any atom is 0.337 e. The van der Waals surface area contributed by atoms with Gasteiger partial charge in [-0.05, 0) is 43.2 Å². The van der Waals surface area contributed by atoms with Crippen molar-refractivity contribution in [3.05, 3.63) is 70.7 Å². The number of hydrogen-bond donors (Lipinski definition) is 1. The highest BCUT2D eigenvalue weighted by molar-refractivity contribution is 7.80. The van der Waals surface area contributed by atoms with Gasteiger partial charge in [0.05, 0.1) is 17.6 Å². The van der Waals surface area contributed by atoms with Crippen LogP contribution in [0.2, 0.25) is 0 Å². The molecule has 4 nitrogen and oxygen atoms in total. The van der Waals surface area contributed by atoms with E-state index in [9.17, 15) is 4.79 Å². The maximum absolute atomic E-state index is 12.7. The van der Waals surface area contributed by atoms with E-state index >= 15 is 0 Å². The molecule has 0 spiro atoms. The van der Waals surface area contributed by atoms with Gasteiger partial charge in [0.15, 0.2) is 0 Å². The van der Waals surface area contributed by atoms with E-state index < -0.39 is 0 Å². The van der Waals surface area contributed by atoms with Crippen LogP contribution in [0, 0.1) is 13.8 Å². The predicted octanol–water partition coefficient (Wildman–Crippen LogP) is 2.93. The van der Waals surface area contributed by atoms with Crippen molar-refractivity contribution >= 4 is 12.6 Å². The van der Waals surface area contributed by atoms with Crippen molar-refractivity contribution in [1.29, 1.82) is 0 Å². The molecule has 1 aromatic carbocycles. The van der Waals surface area contributed by atoms with Gasteiger partial charge in [0.2, 0.25) is 0 Å². The third-order valence-corrected chi connectivity index (χ3v) is 4.07. The lowest BCUT2D eigenvalue weighted by Crippen LogP contribution is -2.22. The molecule has 0 atom stereocenters. The minimum Gasteiger partial charge on any atom is -0.267 e. The van der Waals surface area contributed by atoms with Gasteiger partial charge in [0.1, 0.15) is 0 Å². The van der Waals surface area contributed by atoms with Crippen LogP contribution in [-0.2, 0) is 0 Å². The molecule has 2 heterocycles. The lowest BCUT2D eigenvalue weighted by Gasteiger charge is -2.08. The Morgan fingerprint density at radius 3 is 2.48 bits per heavy atom. The first-order valence-corrected chi connectivity index (χ1v) is 7.04. The van der Waals surface area contributed by atoms with Crippen LogP contribution in [0.4, 0.5) is 0 Å². The summed E-state index contributed by atoms with van der Waals surface area (Å²) in [5.41, 5.74) is 3.50. The van der Waals surface area contributed by atoms with Crippen molar-refractivity contribution in [3.8, 4) is 11.4 Å². The highest BCUT2D eigenvalue weighted by Crippen LogP contribution is 2.20. The summed E-state index contributed by atoms with van der Waals surface area (Å²) in [4.78, 5) is 17.6. The van der Waals surface area contributed by atoms with Gasteiger partial charge >= 0.3 is 5.69 Å². The van der Waals surface area contributed by atoms with Gasteiger partial charge < -0.3 is 0 Å². The van der Waals surface area contributed by atoms with E-state index in [1.165, 1.54) is 0 Å². The van der Waals surface area contributed by atoms with E-state index in [-0.39, 0.29) is 5.69 Å². The standard InChI is InChI=1S/C16H15N3OS/c1-11-6-7-17-10-14(11)19-9-8-18(16(19)20)13-4-3-5-15(21)12(13)2/h3-10,21H,1-2H3. The van der Waals surface area contributed by atoms with Gasteiger partial charge in [-0.15, -0.1) is 12.6 Å². The first-order valence-electron chi connectivity index (χ1n) is 6.59. The highest BCUT2D eigenvalue weighted by atomic mass is 32.1. The quantitative estimate of drug-likeness (QED) is 0.739. The van der Waals surface area contributed by atoms with E-state index in [0.717, 1.165) is 27.4 Å². The van der Waals surface area contributed by atoms with Crippen molar-refractivity contribution in [1.82, 2.24) is 14.1 Å². The van der Waals surface area contributed by atoms with Crippen molar-refractivity contribution in [2.45, 2.75) is 18.7 Å². The van der Waals surface area contributed by atoms with E-state index in [0.29, 0.717) is 0 Å². The van der Waals surface area contributed by atoms with Crippen LogP contribution < -0.4 is 5.69 Å². The van der Waals surface area contributed by atoms with Crippen LogP contribution in [-0.4, -0.2) is 14.1 Å². The Hall–Kier alpha value is -2.27. The van der Waals surface area contributed by atoms with Gasteiger partial charge in [-0.25, -0.2) is 4.79 Å². The van der Waals surface area contributed by atoms with Crippen molar-refractivity contribution in [2.24, 2.45) is 0 Å². The molecule has 0 N–H and O–H groups in total. The molecule has 0 bridgehead atoms. The van der Waals surface area contributed by atoms with Gasteiger partial charge in [-0.2, -0.15) is 0 Å². The lowest BCUT2D eigenvalue weighted by molar-refractivity contribution is 0.890. The molecule has 0 amide bonds. The average molecular weight is 297 g/mol. The average Bonchev–Trinajstić information content (AvgIpc) is 2.84. The largest absolute Gasteiger partial charge is 0.337 e. The fraction of sp³-hybridized carbons (Fsp3) is 0.125. The summed E-state index contributed by atoms with van der Waals surface area (Å²) in [6.07, 6.45) is 6.94. The fourth-order valence-corrected chi connectivity index (χ4v) is 2.52. The zero-order valence-electron chi connectivity index (χ0n) is 11.8. The fourth-order valence-electron chi connectivity index (χ4n) is 2.32. The van der Waals surface area contributed by atoms with Crippen LogP contribution in [0.5, 0.6) is 0 Å². The molecule has 0 saturated heterocycles. The molecule has 0 radical (unpaired) electrons. The first-order chi connectivity index (χ1) is 10.1. The molecule has 21 heavy (non-hydrogen) atoms. The van der Waals surface area contributed by atoms with Crippen molar-refractivity contribution < 1.29 is 0 Å². The zero-order chi connectivity index (χ0) is 15.0. The van der Waals surface area contributed by atoms with Crippen LogP contribution >= 0.6 is 12.6 Å². The second-order valence-corrected chi connectivity index (χ2v) is 5.39. The molecule has 5 heteroatoms. The van der Waals surface area contributed by atoms with Crippen LogP contribution in [0.3, 0.4) is 0 Å². The number of imidazole rings is 1. The molecule has 0 fully saturated rings. The SMILES string of the molecule is Cc1ccncc1-n1ccn(-c2cccc(S)c2C)c1=O. The summed E-state index contributed by atoms with van der Waals surface area (Å²) in [7, 11) is 0. The Morgan fingerprint density at radius 2 is 1.76 bits per heavy atom. The monoisotopic (exact) mass is 297 g/mol. The number of thiol groups is 1. The van der Waals surface area contributed by atoms with Crippen LogP contribution in [0.15, 0.2) is 58.7 Å². The van der Waals surface area contributed by atoms with Crippen LogP contribution in [0.1, 0.15) is 11.1 Å². The predicted molar refractivity (Wildman–Crippen MR) is 85.9 cm³/mol. The smallest absolute Gasteiger partial charge is 0.267 e. The Balaban J connectivity index is 2.19. The summed E-state index contributed by atoms with van der Waals surface area (Å²) in [6, 6.07) is 7.61. The molecule has 3 rings (SSSR count). The van der Waals surface area contributed by atoms with E-state index in [2.05, 4.69) is 17.6 Å². The van der Waals surface area contributed by atoms with Gasteiger partial charge in [0.25, 0.3) is 0 Å². The van der Waals surface area contributed by atoms with E-state index in [1.54, 1.807) is 33.9 Å². The van der Waals surface area contributed by atoms with Gasteiger partial charge in [0, 0.05) is 23.5 Å². The minimum absolute atomic E-state index is 0.117. The molecule has 2 aromatic heterocycles. The zero-order valence-corrected chi connectivity index (χ0v) is 12.7. The Labute approximate surface area is 128 Å². The van der Waals surface area contributed by atoms with Crippen LogP contribution in [0.25, 0.3) is 11.4 Å². The molecule has 0 unspecified atom stereocenters. The third-order valence-electron chi connectivity index (χ3n) is 3.58. The topological polar surface area (TPSA) is 39.8 Å². The summed E-state index contributed by atoms with van der Waals surface area (Å²) in [5.74, 6) is 0. The number of aromatic nitrogens is 3. The number of rotatable bonds is 2. The summed E-state index contributed by atoms with van der Waals surface area (Å²) < 4.78 is 3.23. The maximum atomic E-state index is 12.7. The Morgan fingerprint density at radius 1 is 1.05 bits per heavy atom. The third kappa shape index (κ3) is 2.29. The van der Waals surface area contributed by atoms with Crippen molar-refractivity contribution in [3.63, 3.8) is 0 Å². The van der Waals surface area contributed by atoms with Crippen molar-refractivity contribution in [2.75, 3.05) is 0 Å². The number of pyridine rings is 1. The number of aryl methyl sites for hydroxylation is 1.